The fraction of sp³-hybridized carbons (Fsp3) is 0.571. The Balaban J connectivity index is 1.19. The SMILES string of the molecule is Cc1noc(/C=C/c2ccc(F)cc2F)c1S(=O)(=O)N1CCC(C(=O)N2CCN(C3CCCCC3)CC2)CC1. The van der Waals surface area contributed by atoms with E-state index < -0.39 is 21.7 Å². The van der Waals surface area contributed by atoms with E-state index in [0.717, 1.165) is 38.3 Å². The molecular formula is C28H36F2N4O4S. The van der Waals surface area contributed by atoms with Crippen LogP contribution in [0.2, 0.25) is 0 Å². The number of carbonyl (C=O) groups excluding carboxylic acids is 1. The fourth-order valence-electron chi connectivity index (χ4n) is 6.08. The number of aryl methyl sites for hydroxylation is 1. The molecule has 0 N–H and O–H groups in total. The molecule has 1 aliphatic carbocycles. The van der Waals surface area contributed by atoms with Gasteiger partial charge >= 0.3 is 0 Å². The monoisotopic (exact) mass is 562 g/mol. The second-order valence-corrected chi connectivity index (χ2v) is 12.7. The Kier molecular flexibility index (Phi) is 8.49. The Morgan fingerprint density at radius 2 is 1.67 bits per heavy atom. The van der Waals surface area contributed by atoms with Crippen LogP contribution in [0.25, 0.3) is 12.2 Å². The molecule has 39 heavy (non-hydrogen) atoms. The molecule has 2 saturated heterocycles. The average molecular weight is 563 g/mol. The second kappa shape index (κ2) is 11.9. The molecule has 0 unspecified atom stereocenters. The number of benzene rings is 1. The Labute approximate surface area is 228 Å². The third-order valence-corrected chi connectivity index (χ3v) is 10.4. The van der Waals surface area contributed by atoms with Crippen molar-refractivity contribution in [2.24, 2.45) is 5.92 Å². The molecule has 0 atom stereocenters. The van der Waals surface area contributed by atoms with E-state index in [1.54, 1.807) is 0 Å². The van der Waals surface area contributed by atoms with Crippen LogP contribution in [0.3, 0.4) is 0 Å². The maximum atomic E-state index is 14.0. The Hall–Kier alpha value is -2.63. The van der Waals surface area contributed by atoms with E-state index in [2.05, 4.69) is 10.1 Å². The second-order valence-electron chi connectivity index (χ2n) is 10.8. The summed E-state index contributed by atoms with van der Waals surface area (Å²) in [6.07, 6.45) is 10.00. The van der Waals surface area contributed by atoms with E-state index in [1.807, 2.05) is 4.90 Å². The number of carbonyl (C=O) groups is 1. The van der Waals surface area contributed by atoms with E-state index in [4.69, 9.17) is 4.52 Å². The van der Waals surface area contributed by atoms with Crippen molar-refractivity contribution in [1.82, 2.24) is 19.3 Å². The lowest BCUT2D eigenvalue weighted by molar-refractivity contribution is -0.139. The highest BCUT2D eigenvalue weighted by atomic mass is 32.2. The number of amides is 1. The topological polar surface area (TPSA) is 87.0 Å². The van der Waals surface area contributed by atoms with E-state index in [0.29, 0.717) is 18.9 Å². The molecule has 0 radical (unpaired) electrons. The number of halogens is 2. The zero-order chi connectivity index (χ0) is 27.6. The molecule has 3 fully saturated rings. The van der Waals surface area contributed by atoms with Gasteiger partial charge in [0.1, 0.15) is 17.3 Å². The lowest BCUT2D eigenvalue weighted by Gasteiger charge is -2.42. The predicted octanol–water partition coefficient (Wildman–Crippen LogP) is 4.31. The minimum atomic E-state index is -3.95. The molecule has 2 aromatic rings. The van der Waals surface area contributed by atoms with E-state index in [-0.39, 0.29) is 46.8 Å². The van der Waals surface area contributed by atoms with E-state index >= 15 is 0 Å². The van der Waals surface area contributed by atoms with E-state index in [1.165, 1.54) is 61.6 Å². The van der Waals surface area contributed by atoms with Crippen LogP contribution < -0.4 is 0 Å². The summed E-state index contributed by atoms with van der Waals surface area (Å²) in [5.74, 6) is -1.56. The number of sulfonamides is 1. The summed E-state index contributed by atoms with van der Waals surface area (Å²) < 4.78 is 60.9. The highest BCUT2D eigenvalue weighted by Crippen LogP contribution is 2.30. The van der Waals surface area contributed by atoms with Gasteiger partial charge in [-0.05, 0) is 56.9 Å². The van der Waals surface area contributed by atoms with Crippen LogP contribution in [0.1, 0.15) is 62.0 Å². The third-order valence-electron chi connectivity index (χ3n) is 8.33. The number of aromatic nitrogens is 1. The molecule has 2 aliphatic heterocycles. The number of nitrogens with zero attached hydrogens (tertiary/aromatic N) is 4. The molecule has 8 nitrogen and oxygen atoms in total. The van der Waals surface area contributed by atoms with Gasteiger partial charge in [0.2, 0.25) is 15.9 Å². The van der Waals surface area contributed by atoms with Crippen LogP contribution in [0.5, 0.6) is 0 Å². The lowest BCUT2D eigenvalue weighted by atomic mass is 9.93. The Bertz CT molecular complexity index is 1310. The van der Waals surface area contributed by atoms with Crippen molar-refractivity contribution < 1.29 is 26.5 Å². The molecule has 1 saturated carbocycles. The number of piperazine rings is 1. The van der Waals surface area contributed by atoms with Gasteiger partial charge in [-0.3, -0.25) is 9.69 Å². The van der Waals surface area contributed by atoms with Gasteiger partial charge in [0, 0.05) is 62.9 Å². The van der Waals surface area contributed by atoms with Crippen LogP contribution in [-0.4, -0.2) is 78.9 Å². The zero-order valence-electron chi connectivity index (χ0n) is 22.3. The summed E-state index contributed by atoms with van der Waals surface area (Å²) in [6, 6.07) is 3.79. The maximum absolute atomic E-state index is 14.0. The van der Waals surface area contributed by atoms with Crippen molar-refractivity contribution in [2.45, 2.75) is 62.8 Å². The minimum absolute atomic E-state index is 0.0229. The molecule has 0 spiro atoms. The fourth-order valence-corrected chi connectivity index (χ4v) is 7.80. The Morgan fingerprint density at radius 1 is 0.974 bits per heavy atom. The zero-order valence-corrected chi connectivity index (χ0v) is 23.1. The molecule has 3 heterocycles. The van der Waals surface area contributed by atoms with Gasteiger partial charge in [0.25, 0.3) is 0 Å². The van der Waals surface area contributed by atoms with Crippen LogP contribution in [0, 0.1) is 24.5 Å². The summed E-state index contributed by atoms with van der Waals surface area (Å²) >= 11 is 0. The van der Waals surface area contributed by atoms with Crippen molar-refractivity contribution in [1.29, 1.82) is 0 Å². The van der Waals surface area contributed by atoms with E-state index in [9.17, 15) is 22.0 Å². The molecule has 1 aromatic carbocycles. The maximum Gasteiger partial charge on any atom is 0.248 e. The highest BCUT2D eigenvalue weighted by Gasteiger charge is 2.37. The van der Waals surface area contributed by atoms with Gasteiger partial charge in [0.15, 0.2) is 10.7 Å². The first-order chi connectivity index (χ1) is 18.7. The molecule has 1 aromatic heterocycles. The standard InChI is InChI=1S/C28H36F2N4O4S/c1-20-27(26(38-31-20)10-8-21-7-9-23(29)19-25(21)30)39(36,37)34-13-11-22(12-14-34)28(35)33-17-15-32(16-18-33)24-5-3-2-4-6-24/h7-10,19,22,24H,2-6,11-18H2,1H3/b10-8+. The van der Waals surface area contributed by atoms with Crippen LogP contribution in [-0.2, 0) is 14.8 Å². The van der Waals surface area contributed by atoms with Gasteiger partial charge < -0.3 is 9.42 Å². The summed E-state index contributed by atoms with van der Waals surface area (Å²) in [7, 11) is -3.95. The van der Waals surface area contributed by atoms with Crippen molar-refractivity contribution >= 4 is 28.1 Å². The first-order valence-electron chi connectivity index (χ1n) is 13.9. The molecular weight excluding hydrogens is 526 g/mol. The number of hydrogen-bond acceptors (Lipinski definition) is 6. The summed E-state index contributed by atoms with van der Waals surface area (Å²) in [6.45, 7) is 5.27. The van der Waals surface area contributed by atoms with Crippen LogP contribution in [0.4, 0.5) is 8.78 Å². The first-order valence-corrected chi connectivity index (χ1v) is 15.3. The van der Waals surface area contributed by atoms with Gasteiger partial charge in [-0.25, -0.2) is 17.2 Å². The molecule has 5 rings (SSSR count). The highest BCUT2D eigenvalue weighted by molar-refractivity contribution is 7.89. The molecule has 212 valence electrons. The molecule has 0 bridgehead atoms. The average Bonchev–Trinajstić information content (AvgIpc) is 3.33. The normalized spacial score (nSPS) is 21.2. The van der Waals surface area contributed by atoms with Gasteiger partial charge in [-0.15, -0.1) is 0 Å². The predicted molar refractivity (Wildman–Crippen MR) is 143 cm³/mol. The van der Waals surface area contributed by atoms with Crippen LogP contribution >= 0.6 is 0 Å². The van der Waals surface area contributed by atoms with Crippen molar-refractivity contribution in [3.8, 4) is 0 Å². The quantitative estimate of drug-likeness (QED) is 0.522. The van der Waals surface area contributed by atoms with Crippen molar-refractivity contribution in [3.63, 3.8) is 0 Å². The van der Waals surface area contributed by atoms with Crippen molar-refractivity contribution in [3.05, 3.63) is 46.9 Å². The third kappa shape index (κ3) is 6.10. The first kappa shape index (κ1) is 27.9. The molecule has 1 amide bonds. The lowest BCUT2D eigenvalue weighted by Crippen LogP contribution is -2.54. The van der Waals surface area contributed by atoms with Gasteiger partial charge in [-0.1, -0.05) is 24.4 Å². The Morgan fingerprint density at radius 3 is 2.33 bits per heavy atom. The number of rotatable bonds is 6. The minimum Gasteiger partial charge on any atom is -0.355 e. The molecule has 11 heteroatoms. The number of piperidine rings is 1. The summed E-state index contributed by atoms with van der Waals surface area (Å²) in [5.41, 5.74) is 0.288. The smallest absolute Gasteiger partial charge is 0.248 e. The summed E-state index contributed by atoms with van der Waals surface area (Å²) in [5, 5.41) is 3.82. The number of hydrogen-bond donors (Lipinski definition) is 0. The largest absolute Gasteiger partial charge is 0.355 e. The van der Waals surface area contributed by atoms with Gasteiger partial charge in [-0.2, -0.15) is 4.31 Å². The summed E-state index contributed by atoms with van der Waals surface area (Å²) in [4.78, 5) is 17.7. The molecule has 3 aliphatic rings. The van der Waals surface area contributed by atoms with Gasteiger partial charge in [0.05, 0.1) is 0 Å². The van der Waals surface area contributed by atoms with Crippen LogP contribution in [0.15, 0.2) is 27.6 Å². The van der Waals surface area contributed by atoms with Crippen molar-refractivity contribution in [2.75, 3.05) is 39.3 Å².